The molecule has 1 fully saturated rings. The Morgan fingerprint density at radius 2 is 2.12 bits per heavy atom. The third kappa shape index (κ3) is 3.97. The number of β-lactam (4-membered cyclic amide) rings is 1. The molecule has 0 unspecified atom stereocenters. The van der Waals surface area contributed by atoms with E-state index in [1.807, 2.05) is 0 Å². The van der Waals surface area contributed by atoms with E-state index in [4.69, 9.17) is 10.9 Å². The van der Waals surface area contributed by atoms with Crippen molar-refractivity contribution in [1.29, 1.82) is 0 Å². The molecule has 2 aromatic rings. The van der Waals surface area contributed by atoms with E-state index in [0.29, 0.717) is 18.0 Å². The van der Waals surface area contributed by atoms with E-state index in [9.17, 15) is 28.3 Å². The maximum atomic E-state index is 14.0. The van der Waals surface area contributed by atoms with Crippen molar-refractivity contribution >= 4 is 51.9 Å². The first-order valence-electron chi connectivity index (χ1n) is 9.11. The van der Waals surface area contributed by atoms with Gasteiger partial charge >= 0.3 is 5.97 Å². The van der Waals surface area contributed by atoms with Crippen LogP contribution in [0, 0.1) is 11.6 Å². The SMILES string of the molecule is Nc1nc(/C(=N/O)C(=O)N[C@@H]2C(=O)N3C(C(=O)O)=C(Sc4cncc(F)c4F)CC[C@H]23)ns1. The molecule has 172 valence electrons. The van der Waals surface area contributed by atoms with Gasteiger partial charge in [0.1, 0.15) is 11.7 Å². The Labute approximate surface area is 191 Å². The normalized spacial score (nSPS) is 20.4. The number of halogens is 2. The quantitative estimate of drug-likeness (QED) is 0.190. The molecule has 2 atom stereocenters. The summed E-state index contributed by atoms with van der Waals surface area (Å²) in [5, 5.41) is 24.1. The van der Waals surface area contributed by atoms with Gasteiger partial charge in [0.05, 0.1) is 17.1 Å². The third-order valence-electron chi connectivity index (χ3n) is 4.89. The third-order valence-corrected chi connectivity index (χ3v) is 6.58. The first-order valence-corrected chi connectivity index (χ1v) is 10.7. The average molecular weight is 497 g/mol. The average Bonchev–Trinajstić information content (AvgIpc) is 3.20. The van der Waals surface area contributed by atoms with Gasteiger partial charge in [-0.05, 0) is 12.8 Å². The summed E-state index contributed by atoms with van der Waals surface area (Å²) >= 11 is 1.44. The number of rotatable bonds is 6. The Morgan fingerprint density at radius 1 is 1.36 bits per heavy atom. The van der Waals surface area contributed by atoms with E-state index >= 15 is 0 Å². The minimum atomic E-state index is -1.44. The summed E-state index contributed by atoms with van der Waals surface area (Å²) in [6.45, 7) is 0. The van der Waals surface area contributed by atoms with Crippen LogP contribution in [0.25, 0.3) is 0 Å². The smallest absolute Gasteiger partial charge is 0.353 e. The van der Waals surface area contributed by atoms with E-state index in [1.54, 1.807) is 0 Å². The van der Waals surface area contributed by atoms with E-state index < -0.39 is 47.2 Å². The number of carboxylic acids is 1. The molecular weight excluding hydrogens is 484 g/mol. The molecule has 2 aliphatic rings. The second-order valence-electron chi connectivity index (χ2n) is 6.78. The molecule has 12 nitrogen and oxygen atoms in total. The number of thioether (sulfide) groups is 1. The van der Waals surface area contributed by atoms with Crippen LogP contribution >= 0.6 is 23.3 Å². The number of carboxylic acid groups (broad SMARTS) is 1. The van der Waals surface area contributed by atoms with Gasteiger partial charge in [-0.15, -0.1) is 0 Å². The monoisotopic (exact) mass is 497 g/mol. The van der Waals surface area contributed by atoms with Gasteiger partial charge in [0.15, 0.2) is 16.8 Å². The Kier molecular flexibility index (Phi) is 5.94. The van der Waals surface area contributed by atoms with Crippen molar-refractivity contribution in [3.05, 3.63) is 40.5 Å². The molecule has 0 radical (unpaired) electrons. The van der Waals surface area contributed by atoms with Crippen LogP contribution in [0.1, 0.15) is 18.7 Å². The van der Waals surface area contributed by atoms with Crippen molar-refractivity contribution in [2.24, 2.45) is 5.16 Å². The van der Waals surface area contributed by atoms with Crippen LogP contribution in [-0.2, 0) is 14.4 Å². The Hall–Kier alpha value is -3.66. The molecule has 0 bridgehead atoms. The molecule has 0 saturated carbocycles. The Morgan fingerprint density at radius 3 is 2.76 bits per heavy atom. The number of hydrogen-bond donors (Lipinski definition) is 4. The number of nitrogen functional groups attached to an aromatic ring is 1. The van der Waals surface area contributed by atoms with Gasteiger partial charge in [0.25, 0.3) is 11.8 Å². The zero-order valence-corrected chi connectivity index (χ0v) is 17.9. The maximum absolute atomic E-state index is 14.0. The van der Waals surface area contributed by atoms with Crippen molar-refractivity contribution in [2.75, 3.05) is 5.73 Å². The summed E-state index contributed by atoms with van der Waals surface area (Å²) in [5.74, 6) is -5.73. The minimum Gasteiger partial charge on any atom is -0.477 e. The molecule has 5 N–H and O–H groups in total. The lowest BCUT2D eigenvalue weighted by atomic mass is 9.86. The molecule has 33 heavy (non-hydrogen) atoms. The van der Waals surface area contributed by atoms with Crippen LogP contribution in [0.5, 0.6) is 0 Å². The highest BCUT2D eigenvalue weighted by Crippen LogP contribution is 2.43. The number of aliphatic carboxylic acids is 1. The summed E-state index contributed by atoms with van der Waals surface area (Å²) in [4.78, 5) is 45.3. The molecule has 4 rings (SSSR count). The first kappa shape index (κ1) is 22.5. The number of nitrogens with zero attached hydrogens (tertiary/aromatic N) is 5. The molecule has 2 aromatic heterocycles. The number of nitrogens with one attached hydrogen (secondary N) is 1. The van der Waals surface area contributed by atoms with Crippen molar-refractivity contribution in [3.63, 3.8) is 0 Å². The maximum Gasteiger partial charge on any atom is 0.353 e. The Bertz CT molecular complexity index is 1230. The summed E-state index contributed by atoms with van der Waals surface area (Å²) in [5.41, 5.74) is 4.50. The number of aromatic nitrogens is 3. The fourth-order valence-corrected chi connectivity index (χ4v) is 4.97. The highest BCUT2D eigenvalue weighted by Gasteiger charge is 2.54. The van der Waals surface area contributed by atoms with Crippen molar-refractivity contribution < 1.29 is 33.5 Å². The van der Waals surface area contributed by atoms with Crippen molar-refractivity contribution in [3.8, 4) is 0 Å². The molecule has 0 aromatic carbocycles. The van der Waals surface area contributed by atoms with Crippen LogP contribution in [0.3, 0.4) is 0 Å². The number of nitrogens with two attached hydrogens (primary N) is 1. The molecular formula is C17H13F2N7O5S2. The lowest BCUT2D eigenvalue weighted by Crippen LogP contribution is -2.72. The van der Waals surface area contributed by atoms with Gasteiger partial charge in [-0.1, -0.05) is 16.9 Å². The second-order valence-corrected chi connectivity index (χ2v) is 8.70. The van der Waals surface area contributed by atoms with Gasteiger partial charge in [-0.25, -0.2) is 13.6 Å². The summed E-state index contributed by atoms with van der Waals surface area (Å²) in [6.07, 6.45) is 2.09. The number of hydrogen-bond acceptors (Lipinski definition) is 11. The van der Waals surface area contributed by atoms with Crippen molar-refractivity contribution in [2.45, 2.75) is 29.8 Å². The number of anilines is 1. The lowest BCUT2D eigenvalue weighted by molar-refractivity contribution is -0.155. The molecule has 1 saturated heterocycles. The van der Waals surface area contributed by atoms with E-state index in [0.717, 1.165) is 22.6 Å². The number of pyridine rings is 1. The van der Waals surface area contributed by atoms with Gasteiger partial charge in [-0.2, -0.15) is 9.36 Å². The van der Waals surface area contributed by atoms with Gasteiger partial charge in [-0.3, -0.25) is 19.5 Å². The zero-order valence-electron chi connectivity index (χ0n) is 16.2. The van der Waals surface area contributed by atoms with Gasteiger partial charge in [0, 0.05) is 22.6 Å². The largest absolute Gasteiger partial charge is 0.477 e. The van der Waals surface area contributed by atoms with E-state index in [-0.39, 0.29) is 39.3 Å². The molecule has 0 spiro atoms. The van der Waals surface area contributed by atoms with E-state index in [2.05, 4.69) is 24.8 Å². The van der Waals surface area contributed by atoms with Gasteiger partial charge < -0.3 is 21.4 Å². The van der Waals surface area contributed by atoms with Crippen LogP contribution in [0.2, 0.25) is 0 Å². The number of carbonyl (C=O) groups excluding carboxylic acids is 2. The van der Waals surface area contributed by atoms with Gasteiger partial charge in [0.2, 0.25) is 11.5 Å². The fraction of sp³-hybridized carbons (Fsp3) is 0.235. The number of carbonyl (C=O) groups is 3. The highest BCUT2D eigenvalue weighted by atomic mass is 32.2. The fourth-order valence-electron chi connectivity index (χ4n) is 3.47. The van der Waals surface area contributed by atoms with Crippen LogP contribution in [0.15, 0.2) is 33.0 Å². The van der Waals surface area contributed by atoms with Crippen molar-refractivity contribution in [1.82, 2.24) is 24.6 Å². The molecule has 2 amide bonds. The highest BCUT2D eigenvalue weighted by molar-refractivity contribution is 8.03. The topological polar surface area (TPSA) is 184 Å². The van der Waals surface area contributed by atoms with Crippen LogP contribution < -0.4 is 11.1 Å². The lowest BCUT2D eigenvalue weighted by Gasteiger charge is -2.50. The number of oxime groups is 1. The first-order chi connectivity index (χ1) is 15.7. The number of amides is 2. The number of fused-ring (bicyclic) bond motifs is 1. The molecule has 0 aliphatic carbocycles. The van der Waals surface area contributed by atoms with Crippen LogP contribution in [-0.4, -0.2) is 65.1 Å². The molecule has 2 aliphatic heterocycles. The zero-order chi connectivity index (χ0) is 23.9. The number of allylic oxidation sites excluding steroid dienone is 1. The summed E-state index contributed by atoms with van der Waals surface area (Å²) < 4.78 is 31.3. The minimum absolute atomic E-state index is 0.0309. The van der Waals surface area contributed by atoms with Crippen LogP contribution in [0.4, 0.5) is 13.9 Å². The molecule has 16 heteroatoms. The molecule has 4 heterocycles. The standard InChI is InChI=1S/C17H13F2N7O5S2/c18-5-3-21-4-8(9(5)19)32-7-2-1-6-10(15(28)26(6)12(7)16(29)30)22-14(27)11(24-31)13-23-17(20)33-25-13/h3-4,6,10,31H,1-2H2,(H,22,27)(H,29,30)(H2,20,23,25)/b24-11-/t6-,10+/m1/s1. The predicted octanol–water partition coefficient (Wildman–Crippen LogP) is 0.550. The second kappa shape index (κ2) is 8.70. The van der Waals surface area contributed by atoms with E-state index in [1.165, 1.54) is 0 Å². The summed E-state index contributed by atoms with van der Waals surface area (Å²) in [6, 6.07) is -1.81. The summed E-state index contributed by atoms with van der Waals surface area (Å²) in [7, 11) is 0. The Balaban J connectivity index is 1.55. The predicted molar refractivity (Wildman–Crippen MR) is 109 cm³/mol.